The van der Waals surface area contributed by atoms with E-state index in [1.807, 2.05) is 62.0 Å². The molecule has 1 N–H and O–H groups in total. The molecule has 0 aliphatic rings. The van der Waals surface area contributed by atoms with Crippen LogP contribution in [0, 0.1) is 20.8 Å². The van der Waals surface area contributed by atoms with Crippen LogP contribution in [0.15, 0.2) is 46.7 Å². The summed E-state index contributed by atoms with van der Waals surface area (Å²) in [6.07, 6.45) is 0. The van der Waals surface area contributed by atoms with Crippen molar-refractivity contribution >= 4 is 21.4 Å². The molecule has 3 rings (SSSR count). The van der Waals surface area contributed by atoms with Gasteiger partial charge < -0.3 is 4.74 Å². The number of hydrogen-bond acceptors (Lipinski definition) is 5. The van der Waals surface area contributed by atoms with Crippen molar-refractivity contribution in [3.8, 4) is 5.75 Å². The molecule has 0 saturated heterocycles. The lowest BCUT2D eigenvalue weighted by Crippen LogP contribution is -2.32. The van der Waals surface area contributed by atoms with Crippen LogP contribution < -0.4 is 9.46 Å². The minimum atomic E-state index is -3.75. The summed E-state index contributed by atoms with van der Waals surface area (Å²) in [7, 11) is -3.75. The predicted octanol–water partition coefficient (Wildman–Crippen LogP) is 3.84. The molecule has 2 aromatic heterocycles. The molecule has 2 heterocycles. The number of thiophene rings is 1. The zero-order valence-electron chi connectivity index (χ0n) is 16.5. The van der Waals surface area contributed by atoms with E-state index in [9.17, 15) is 8.42 Å². The Labute approximate surface area is 170 Å². The van der Waals surface area contributed by atoms with Gasteiger partial charge >= 0.3 is 0 Å². The topological polar surface area (TPSA) is 73.2 Å². The fraction of sp³-hybridized carbons (Fsp3) is 0.350. The van der Waals surface area contributed by atoms with Gasteiger partial charge in [0.25, 0.3) is 0 Å². The third kappa shape index (κ3) is 4.45. The SMILES string of the molecule is CCOc1ccc(C)cc1S(=O)(=O)NCC(c1cccs1)n1nc(C)cc1C. The molecule has 0 spiro atoms. The van der Waals surface area contributed by atoms with Crippen LogP contribution in [0.3, 0.4) is 0 Å². The first-order chi connectivity index (χ1) is 13.3. The van der Waals surface area contributed by atoms with Gasteiger partial charge in [0.1, 0.15) is 10.6 Å². The van der Waals surface area contributed by atoms with Crippen molar-refractivity contribution in [2.45, 2.75) is 38.6 Å². The van der Waals surface area contributed by atoms with E-state index >= 15 is 0 Å². The highest BCUT2D eigenvalue weighted by Gasteiger charge is 2.24. The smallest absolute Gasteiger partial charge is 0.244 e. The van der Waals surface area contributed by atoms with Crippen molar-refractivity contribution in [1.29, 1.82) is 0 Å². The first kappa shape index (κ1) is 20.6. The van der Waals surface area contributed by atoms with Crippen molar-refractivity contribution in [3.05, 3.63) is 63.6 Å². The summed E-state index contributed by atoms with van der Waals surface area (Å²) in [6.45, 7) is 8.20. The Bertz CT molecular complexity index is 1040. The quantitative estimate of drug-likeness (QED) is 0.602. The van der Waals surface area contributed by atoms with Crippen molar-refractivity contribution in [3.63, 3.8) is 0 Å². The van der Waals surface area contributed by atoms with Gasteiger partial charge in [-0.1, -0.05) is 12.1 Å². The molecule has 1 atom stereocenters. The van der Waals surface area contributed by atoms with Crippen LogP contribution in [0.4, 0.5) is 0 Å². The zero-order valence-corrected chi connectivity index (χ0v) is 18.1. The fourth-order valence-electron chi connectivity index (χ4n) is 3.12. The standard InChI is InChI=1S/C20H25N3O3S2/c1-5-26-18-9-8-14(2)11-20(18)28(24,25)21-13-17(19-7-6-10-27-19)23-16(4)12-15(3)22-23/h6-12,17,21H,5,13H2,1-4H3. The van der Waals surface area contributed by atoms with Crippen molar-refractivity contribution < 1.29 is 13.2 Å². The van der Waals surface area contributed by atoms with E-state index in [0.717, 1.165) is 21.8 Å². The van der Waals surface area contributed by atoms with Gasteiger partial charge in [-0.2, -0.15) is 5.10 Å². The first-order valence-corrected chi connectivity index (χ1v) is 11.5. The van der Waals surface area contributed by atoms with Crippen LogP contribution in [0.25, 0.3) is 0 Å². The van der Waals surface area contributed by atoms with Crippen LogP contribution in [0.2, 0.25) is 0 Å². The highest BCUT2D eigenvalue weighted by atomic mass is 32.2. The summed E-state index contributed by atoms with van der Waals surface area (Å²) >= 11 is 1.58. The molecule has 0 amide bonds. The monoisotopic (exact) mass is 419 g/mol. The van der Waals surface area contributed by atoms with E-state index in [1.165, 1.54) is 0 Å². The molecule has 0 fully saturated rings. The number of sulfonamides is 1. The molecule has 0 bridgehead atoms. The lowest BCUT2D eigenvalue weighted by atomic mass is 10.2. The Morgan fingerprint density at radius 3 is 2.61 bits per heavy atom. The highest BCUT2D eigenvalue weighted by Crippen LogP contribution is 2.27. The molecule has 1 aromatic carbocycles. The third-order valence-corrected chi connectivity index (χ3v) is 6.79. The van der Waals surface area contributed by atoms with Gasteiger partial charge in [0.15, 0.2) is 0 Å². The van der Waals surface area contributed by atoms with Crippen LogP contribution in [0.5, 0.6) is 5.75 Å². The van der Waals surface area contributed by atoms with Crippen molar-refractivity contribution in [2.75, 3.05) is 13.2 Å². The Morgan fingerprint density at radius 1 is 1.21 bits per heavy atom. The molecule has 1 unspecified atom stereocenters. The second kappa shape index (κ2) is 8.46. The molecule has 8 heteroatoms. The molecule has 0 radical (unpaired) electrons. The Morgan fingerprint density at radius 2 is 2.00 bits per heavy atom. The van der Waals surface area contributed by atoms with Crippen LogP contribution in [-0.4, -0.2) is 31.3 Å². The normalized spacial score (nSPS) is 12.9. The predicted molar refractivity (Wildman–Crippen MR) is 112 cm³/mol. The van der Waals surface area contributed by atoms with Crippen molar-refractivity contribution in [1.82, 2.24) is 14.5 Å². The minimum Gasteiger partial charge on any atom is -0.492 e. The third-order valence-electron chi connectivity index (χ3n) is 4.37. The maximum absolute atomic E-state index is 13.1. The molecule has 0 saturated carbocycles. The number of rotatable bonds is 8. The van der Waals surface area contributed by atoms with Gasteiger partial charge in [0, 0.05) is 17.1 Å². The molecule has 0 aliphatic heterocycles. The Hall–Kier alpha value is -2.16. The van der Waals surface area contributed by atoms with Crippen LogP contribution in [-0.2, 0) is 10.0 Å². The maximum atomic E-state index is 13.1. The zero-order chi connectivity index (χ0) is 20.3. The Balaban J connectivity index is 1.91. The second-order valence-electron chi connectivity index (χ2n) is 6.64. The van der Waals surface area contributed by atoms with Gasteiger partial charge in [0.2, 0.25) is 10.0 Å². The van der Waals surface area contributed by atoms with E-state index in [0.29, 0.717) is 12.4 Å². The number of aryl methyl sites for hydroxylation is 3. The summed E-state index contributed by atoms with van der Waals surface area (Å²) in [5.74, 6) is 0.361. The molecular formula is C20H25N3O3S2. The van der Waals surface area contributed by atoms with Gasteiger partial charge in [-0.3, -0.25) is 4.68 Å². The summed E-state index contributed by atoms with van der Waals surface area (Å²) in [4.78, 5) is 1.20. The van der Waals surface area contributed by atoms with Gasteiger partial charge in [-0.05, 0) is 62.9 Å². The van der Waals surface area contributed by atoms with E-state index < -0.39 is 10.0 Å². The number of hydrogen-bond donors (Lipinski definition) is 1. The first-order valence-electron chi connectivity index (χ1n) is 9.11. The highest BCUT2D eigenvalue weighted by molar-refractivity contribution is 7.89. The van der Waals surface area contributed by atoms with E-state index in [1.54, 1.807) is 23.5 Å². The van der Waals surface area contributed by atoms with E-state index in [4.69, 9.17) is 4.74 Å². The maximum Gasteiger partial charge on any atom is 0.244 e. The molecule has 6 nitrogen and oxygen atoms in total. The summed E-state index contributed by atoms with van der Waals surface area (Å²) in [6, 6.07) is 10.9. The average molecular weight is 420 g/mol. The van der Waals surface area contributed by atoms with Gasteiger partial charge in [-0.25, -0.2) is 13.1 Å². The number of nitrogens with one attached hydrogen (secondary N) is 1. The molecular weight excluding hydrogens is 394 g/mol. The molecule has 0 aliphatic carbocycles. The fourth-order valence-corrected chi connectivity index (χ4v) is 5.19. The van der Waals surface area contributed by atoms with Crippen molar-refractivity contribution in [2.24, 2.45) is 0 Å². The minimum absolute atomic E-state index is 0.160. The average Bonchev–Trinajstić information content (AvgIpc) is 3.27. The summed E-state index contributed by atoms with van der Waals surface area (Å²) in [5.41, 5.74) is 2.75. The van der Waals surface area contributed by atoms with Crippen LogP contribution in [0.1, 0.15) is 34.8 Å². The number of nitrogens with zero attached hydrogens (tertiary/aromatic N) is 2. The lowest BCUT2D eigenvalue weighted by molar-refractivity contribution is 0.331. The molecule has 3 aromatic rings. The molecule has 150 valence electrons. The number of aromatic nitrogens is 2. The number of benzene rings is 1. The largest absolute Gasteiger partial charge is 0.492 e. The van der Waals surface area contributed by atoms with Crippen LogP contribution >= 0.6 is 11.3 Å². The Kier molecular flexibility index (Phi) is 6.22. The molecule has 28 heavy (non-hydrogen) atoms. The lowest BCUT2D eigenvalue weighted by Gasteiger charge is -2.20. The van der Waals surface area contributed by atoms with E-state index in [-0.39, 0.29) is 17.5 Å². The second-order valence-corrected chi connectivity index (χ2v) is 9.35. The van der Waals surface area contributed by atoms with E-state index in [2.05, 4.69) is 9.82 Å². The number of ether oxygens (including phenoxy) is 1. The summed E-state index contributed by atoms with van der Waals surface area (Å²) < 4.78 is 36.3. The van der Waals surface area contributed by atoms with Gasteiger partial charge in [-0.15, -0.1) is 11.3 Å². The summed E-state index contributed by atoms with van der Waals surface area (Å²) in [5, 5.41) is 6.55. The van der Waals surface area contributed by atoms with Gasteiger partial charge in [0.05, 0.1) is 18.3 Å².